The molecular weight excluding hydrogens is 328 g/mol. The molecule has 0 fully saturated rings. The molecule has 3 atom stereocenters. The van der Waals surface area contributed by atoms with E-state index in [9.17, 15) is 14.4 Å². The van der Waals surface area contributed by atoms with E-state index in [-0.39, 0.29) is 12.5 Å². The number of benzene rings is 1. The third-order valence-electron chi connectivity index (χ3n) is 3.90. The van der Waals surface area contributed by atoms with Crippen LogP contribution in [0, 0.1) is 5.92 Å². The summed E-state index contributed by atoms with van der Waals surface area (Å²) in [5.41, 5.74) is 9.65. The summed E-state index contributed by atoms with van der Waals surface area (Å²) in [4.78, 5) is 35.4. The van der Waals surface area contributed by atoms with Gasteiger partial charge in [-0.15, -0.1) is 0 Å². The van der Waals surface area contributed by atoms with Crippen LogP contribution in [0.5, 0.6) is 11.5 Å². The molecule has 0 saturated heterocycles. The molecule has 0 saturated carbocycles. The second-order valence-electron chi connectivity index (χ2n) is 5.71. The molecule has 0 spiro atoms. The predicted molar refractivity (Wildman–Crippen MR) is 88.6 cm³/mol. The van der Waals surface area contributed by atoms with Crippen molar-refractivity contribution in [1.82, 2.24) is 16.2 Å². The summed E-state index contributed by atoms with van der Waals surface area (Å²) in [6.07, 6.45) is -0.260. The zero-order valence-electron chi connectivity index (χ0n) is 14.1. The zero-order chi connectivity index (χ0) is 18.4. The Labute approximate surface area is 145 Å². The standard InChI is InChI=1S/C16H22N4O5/c1-3-9(2)13(18-16(17)23)15(22)20-19-14(21)12-8-24-10-6-4-5-7-11(10)25-12/h4-7,9,12-13H,3,8H2,1-2H3,(H,19,21)(H,20,22)(H3,17,18,23). The molecule has 136 valence electrons. The number of hydrazine groups is 1. The molecule has 9 heteroatoms. The van der Waals surface area contributed by atoms with E-state index < -0.39 is 30.0 Å². The van der Waals surface area contributed by atoms with Crippen LogP contribution in [0.1, 0.15) is 20.3 Å². The number of ether oxygens (including phenoxy) is 2. The Hall–Kier alpha value is -2.97. The maximum absolute atomic E-state index is 12.2. The fourth-order valence-electron chi connectivity index (χ4n) is 2.29. The molecule has 9 nitrogen and oxygen atoms in total. The number of fused-ring (bicyclic) bond motifs is 1. The van der Waals surface area contributed by atoms with Crippen molar-refractivity contribution in [2.45, 2.75) is 32.4 Å². The molecule has 0 bridgehead atoms. The van der Waals surface area contributed by atoms with Crippen LogP contribution in [-0.4, -0.2) is 36.6 Å². The lowest BCUT2D eigenvalue weighted by molar-refractivity contribution is -0.136. The fourth-order valence-corrected chi connectivity index (χ4v) is 2.29. The summed E-state index contributed by atoms with van der Waals surface area (Å²) in [5.74, 6) is -0.291. The number of hydrogen-bond donors (Lipinski definition) is 4. The number of primary amides is 1. The normalized spacial score (nSPS) is 17.8. The number of hydrogen-bond acceptors (Lipinski definition) is 5. The Morgan fingerprint density at radius 3 is 2.56 bits per heavy atom. The number of nitrogens with one attached hydrogen (secondary N) is 3. The van der Waals surface area contributed by atoms with Gasteiger partial charge in [-0.2, -0.15) is 0 Å². The van der Waals surface area contributed by atoms with Crippen molar-refractivity contribution in [2.75, 3.05) is 6.61 Å². The fraction of sp³-hybridized carbons (Fsp3) is 0.438. The smallest absolute Gasteiger partial charge is 0.312 e. The molecule has 0 radical (unpaired) electrons. The van der Waals surface area contributed by atoms with Crippen LogP contribution in [0.4, 0.5) is 4.79 Å². The summed E-state index contributed by atoms with van der Waals surface area (Å²) < 4.78 is 11.0. The number of rotatable bonds is 5. The number of carbonyl (C=O) groups is 3. The summed E-state index contributed by atoms with van der Waals surface area (Å²) in [6.45, 7) is 3.68. The van der Waals surface area contributed by atoms with E-state index in [0.717, 1.165) is 0 Å². The highest BCUT2D eigenvalue weighted by molar-refractivity contribution is 5.89. The topological polar surface area (TPSA) is 132 Å². The molecule has 1 heterocycles. The summed E-state index contributed by atoms with van der Waals surface area (Å²) in [6, 6.07) is 5.31. The first-order valence-corrected chi connectivity index (χ1v) is 7.96. The third-order valence-corrected chi connectivity index (χ3v) is 3.90. The Bertz CT molecular complexity index is 651. The zero-order valence-corrected chi connectivity index (χ0v) is 14.1. The van der Waals surface area contributed by atoms with E-state index in [0.29, 0.717) is 17.9 Å². The lowest BCUT2D eigenvalue weighted by Gasteiger charge is -2.26. The predicted octanol–water partition coefficient (Wildman–Crippen LogP) is 0.0568. The molecule has 0 aromatic heterocycles. The van der Waals surface area contributed by atoms with E-state index in [1.165, 1.54) is 0 Å². The SMILES string of the molecule is CCC(C)C(NC(N)=O)C(=O)NNC(=O)C1COc2ccccc2O1. The Morgan fingerprint density at radius 1 is 1.24 bits per heavy atom. The van der Waals surface area contributed by atoms with E-state index in [2.05, 4.69) is 16.2 Å². The molecule has 1 aliphatic heterocycles. The first-order chi connectivity index (χ1) is 11.9. The minimum absolute atomic E-state index is 0.0209. The van der Waals surface area contributed by atoms with Gasteiger partial charge in [0, 0.05) is 0 Å². The maximum atomic E-state index is 12.2. The van der Waals surface area contributed by atoms with Crippen molar-refractivity contribution in [3.63, 3.8) is 0 Å². The number of nitrogens with two attached hydrogens (primary N) is 1. The van der Waals surface area contributed by atoms with Crippen molar-refractivity contribution in [3.8, 4) is 11.5 Å². The molecule has 2 rings (SSSR count). The molecule has 3 unspecified atom stereocenters. The first kappa shape index (κ1) is 18.4. The van der Waals surface area contributed by atoms with Crippen LogP contribution in [0.2, 0.25) is 0 Å². The molecule has 4 amide bonds. The van der Waals surface area contributed by atoms with Crippen molar-refractivity contribution in [2.24, 2.45) is 11.7 Å². The summed E-state index contributed by atoms with van der Waals surface area (Å²) in [5, 5.41) is 2.37. The molecule has 1 aliphatic rings. The highest BCUT2D eigenvalue weighted by Crippen LogP contribution is 2.30. The van der Waals surface area contributed by atoms with Gasteiger partial charge >= 0.3 is 6.03 Å². The largest absolute Gasteiger partial charge is 0.485 e. The number of carbonyl (C=O) groups excluding carboxylic acids is 3. The highest BCUT2D eigenvalue weighted by Gasteiger charge is 2.29. The van der Waals surface area contributed by atoms with Gasteiger partial charge in [0.15, 0.2) is 11.5 Å². The van der Waals surface area contributed by atoms with Gasteiger partial charge in [0.25, 0.3) is 11.8 Å². The molecular formula is C16H22N4O5. The summed E-state index contributed by atoms with van der Waals surface area (Å²) in [7, 11) is 0. The number of amides is 4. The van der Waals surface area contributed by atoms with E-state index in [1.807, 2.05) is 6.92 Å². The van der Waals surface area contributed by atoms with Gasteiger partial charge in [0.2, 0.25) is 6.10 Å². The number of para-hydroxylation sites is 2. The minimum Gasteiger partial charge on any atom is -0.485 e. The lowest BCUT2D eigenvalue weighted by atomic mass is 9.99. The van der Waals surface area contributed by atoms with Crippen molar-refractivity contribution in [1.29, 1.82) is 0 Å². The van der Waals surface area contributed by atoms with Gasteiger partial charge in [-0.3, -0.25) is 20.4 Å². The van der Waals surface area contributed by atoms with Crippen molar-refractivity contribution >= 4 is 17.8 Å². The Balaban J connectivity index is 1.90. The molecule has 5 N–H and O–H groups in total. The van der Waals surface area contributed by atoms with Gasteiger partial charge in [-0.25, -0.2) is 4.79 Å². The Morgan fingerprint density at radius 2 is 1.92 bits per heavy atom. The van der Waals surface area contributed by atoms with Crippen LogP contribution in [0.3, 0.4) is 0 Å². The molecule has 1 aromatic rings. The minimum atomic E-state index is -0.902. The van der Waals surface area contributed by atoms with Crippen molar-refractivity contribution < 1.29 is 23.9 Å². The van der Waals surface area contributed by atoms with Crippen LogP contribution in [0.25, 0.3) is 0 Å². The second kappa shape index (κ2) is 8.22. The lowest BCUT2D eigenvalue weighted by Crippen LogP contribution is -2.58. The Kier molecular flexibility index (Phi) is 6.04. The van der Waals surface area contributed by atoms with E-state index in [4.69, 9.17) is 15.2 Å². The number of urea groups is 1. The van der Waals surface area contributed by atoms with E-state index >= 15 is 0 Å². The van der Waals surface area contributed by atoms with Crippen molar-refractivity contribution in [3.05, 3.63) is 24.3 Å². The molecule has 1 aromatic carbocycles. The van der Waals surface area contributed by atoms with Gasteiger partial charge in [0.05, 0.1) is 0 Å². The van der Waals surface area contributed by atoms with Crippen LogP contribution in [0.15, 0.2) is 24.3 Å². The van der Waals surface area contributed by atoms with Gasteiger partial charge < -0.3 is 20.5 Å². The second-order valence-corrected chi connectivity index (χ2v) is 5.71. The van der Waals surface area contributed by atoms with Crippen LogP contribution in [-0.2, 0) is 9.59 Å². The first-order valence-electron chi connectivity index (χ1n) is 7.96. The van der Waals surface area contributed by atoms with Crippen LogP contribution >= 0.6 is 0 Å². The molecule has 25 heavy (non-hydrogen) atoms. The average Bonchev–Trinajstić information content (AvgIpc) is 2.62. The highest BCUT2D eigenvalue weighted by atomic mass is 16.6. The van der Waals surface area contributed by atoms with Crippen LogP contribution < -0.4 is 31.4 Å². The summed E-state index contributed by atoms with van der Waals surface area (Å²) >= 11 is 0. The van der Waals surface area contributed by atoms with E-state index in [1.54, 1.807) is 31.2 Å². The molecule has 0 aliphatic carbocycles. The van der Waals surface area contributed by atoms with Gasteiger partial charge in [-0.05, 0) is 18.1 Å². The average molecular weight is 350 g/mol. The maximum Gasteiger partial charge on any atom is 0.312 e. The monoisotopic (exact) mass is 350 g/mol. The van der Waals surface area contributed by atoms with Gasteiger partial charge in [0.1, 0.15) is 12.6 Å². The third kappa shape index (κ3) is 4.75. The quantitative estimate of drug-likeness (QED) is 0.558. The van der Waals surface area contributed by atoms with Gasteiger partial charge in [-0.1, -0.05) is 32.4 Å².